The summed E-state index contributed by atoms with van der Waals surface area (Å²) in [5, 5.41) is 4.20. The number of hydrogen-bond donors (Lipinski definition) is 0. The van der Waals surface area contributed by atoms with Crippen molar-refractivity contribution in [2.75, 3.05) is 0 Å². The van der Waals surface area contributed by atoms with Crippen LogP contribution in [0.3, 0.4) is 0 Å². The van der Waals surface area contributed by atoms with Crippen molar-refractivity contribution in [3.63, 3.8) is 0 Å². The topological polar surface area (TPSA) is 17.8 Å². The molecule has 0 spiro atoms. The number of rotatable bonds is 1. The van der Waals surface area contributed by atoms with Gasteiger partial charge in [-0.2, -0.15) is 5.10 Å². The van der Waals surface area contributed by atoms with E-state index < -0.39 is 0 Å². The van der Waals surface area contributed by atoms with Crippen molar-refractivity contribution in [1.29, 1.82) is 0 Å². The maximum absolute atomic E-state index is 4.20. The molecule has 2 nitrogen and oxygen atoms in total. The molecule has 0 radical (unpaired) electrons. The van der Waals surface area contributed by atoms with Gasteiger partial charge in [0.25, 0.3) is 0 Å². The second-order valence-electron chi connectivity index (χ2n) is 3.71. The summed E-state index contributed by atoms with van der Waals surface area (Å²) in [5.74, 6) is 0. The Labute approximate surface area is 106 Å². The van der Waals surface area contributed by atoms with Crippen molar-refractivity contribution in [2.45, 2.75) is 48.0 Å². The third-order valence-corrected chi connectivity index (χ3v) is 2.69. The van der Waals surface area contributed by atoms with Gasteiger partial charge in [0.2, 0.25) is 0 Å². The van der Waals surface area contributed by atoms with Gasteiger partial charge in [0.15, 0.2) is 0 Å². The van der Waals surface area contributed by atoms with E-state index in [4.69, 9.17) is 0 Å². The van der Waals surface area contributed by atoms with Gasteiger partial charge in [-0.05, 0) is 18.6 Å². The summed E-state index contributed by atoms with van der Waals surface area (Å²) in [4.78, 5) is 0. The minimum Gasteiger partial charge on any atom is -0.241 e. The molecule has 0 fully saturated rings. The molecule has 1 aromatic heterocycles. The molecule has 2 heteroatoms. The average Bonchev–Trinajstić information content (AvgIpc) is 2.80. The van der Waals surface area contributed by atoms with E-state index in [1.54, 1.807) is 0 Å². The lowest BCUT2D eigenvalue weighted by Gasteiger charge is -2.17. The predicted octanol–water partition coefficient (Wildman–Crippen LogP) is 4.85. The smallest absolute Gasteiger partial charge is 0.0658 e. The number of hydrogen-bond acceptors (Lipinski definition) is 1. The zero-order chi connectivity index (χ0) is 13.3. The van der Waals surface area contributed by atoms with E-state index in [0.717, 1.165) is 12.1 Å². The van der Waals surface area contributed by atoms with Crippen molar-refractivity contribution in [3.8, 4) is 0 Å². The van der Waals surface area contributed by atoms with Gasteiger partial charge in [0, 0.05) is 17.8 Å². The zero-order valence-electron chi connectivity index (χ0n) is 12.1. The Hall–Kier alpha value is -1.31. The number of allylic oxidation sites excluding steroid dienone is 2. The number of fused-ring (bicyclic) bond motifs is 1. The van der Waals surface area contributed by atoms with E-state index in [2.05, 4.69) is 37.2 Å². The van der Waals surface area contributed by atoms with Gasteiger partial charge in [-0.25, -0.2) is 4.68 Å². The number of aromatic nitrogens is 2. The van der Waals surface area contributed by atoms with Gasteiger partial charge in [0.05, 0.1) is 5.69 Å². The van der Waals surface area contributed by atoms with Crippen LogP contribution in [0, 0.1) is 5.41 Å². The van der Waals surface area contributed by atoms with Crippen LogP contribution in [0.25, 0.3) is 12.3 Å². The lowest BCUT2D eigenvalue weighted by Crippen LogP contribution is -2.06. The van der Waals surface area contributed by atoms with Crippen LogP contribution in [-0.4, -0.2) is 9.78 Å². The van der Waals surface area contributed by atoms with E-state index in [1.807, 2.05) is 50.8 Å². The zero-order valence-corrected chi connectivity index (χ0v) is 12.1. The molecule has 1 aliphatic rings. The summed E-state index contributed by atoms with van der Waals surface area (Å²) in [5.41, 5.74) is 1.33. The third kappa shape index (κ3) is 4.22. The molecule has 0 amide bonds. The highest BCUT2D eigenvalue weighted by atomic mass is 15.3. The van der Waals surface area contributed by atoms with Gasteiger partial charge in [-0.3, -0.25) is 0 Å². The van der Waals surface area contributed by atoms with Crippen LogP contribution in [-0.2, 0) is 0 Å². The molecule has 0 N–H and O–H groups in total. The maximum Gasteiger partial charge on any atom is 0.0658 e. The molecular formula is C15H26N2. The van der Waals surface area contributed by atoms with Gasteiger partial charge >= 0.3 is 0 Å². The van der Waals surface area contributed by atoms with Crippen LogP contribution in [0.2, 0.25) is 0 Å². The quantitative estimate of drug-likeness (QED) is 0.679. The van der Waals surface area contributed by atoms with E-state index in [1.165, 1.54) is 0 Å². The molecule has 1 aromatic rings. The Morgan fingerprint density at radius 2 is 1.82 bits per heavy atom. The van der Waals surface area contributed by atoms with Crippen molar-refractivity contribution in [3.05, 3.63) is 30.1 Å². The highest BCUT2D eigenvalue weighted by Gasteiger charge is 2.16. The predicted molar refractivity (Wildman–Crippen MR) is 77.7 cm³/mol. The molecule has 96 valence electrons. The van der Waals surface area contributed by atoms with E-state index in [0.29, 0.717) is 0 Å². The molecule has 1 aliphatic heterocycles. The Bertz CT molecular complexity index is 330. The first-order valence-corrected chi connectivity index (χ1v) is 6.66. The largest absolute Gasteiger partial charge is 0.241 e. The Kier molecular flexibility index (Phi) is 7.27. The van der Waals surface area contributed by atoms with Crippen molar-refractivity contribution in [1.82, 2.24) is 9.78 Å². The molecule has 0 bridgehead atoms. The molecule has 1 atom stereocenters. The molecule has 17 heavy (non-hydrogen) atoms. The summed E-state index contributed by atoms with van der Waals surface area (Å²) < 4.78 is 1.90. The summed E-state index contributed by atoms with van der Waals surface area (Å²) in [6.45, 7) is 12.4. The summed E-state index contributed by atoms with van der Waals surface area (Å²) in [7, 11) is 0. The van der Waals surface area contributed by atoms with Crippen LogP contribution >= 0.6 is 0 Å². The standard InChI is InChI=1S/C11H14N2.2C2H6/c1-3-11(2)6-4-10-5-8-12-13(10)9-7-11;2*1-2/h4-9H,3H2,1-2H3;2*1-2H3. The second-order valence-corrected chi connectivity index (χ2v) is 3.71. The SMILES string of the molecule is CC.CC.CCC1(C)C=Cc2ccnn2C=C1. The first-order chi connectivity index (χ1) is 8.23. The Morgan fingerprint density at radius 3 is 2.41 bits per heavy atom. The average molecular weight is 234 g/mol. The monoisotopic (exact) mass is 234 g/mol. The molecule has 0 aliphatic carbocycles. The fourth-order valence-electron chi connectivity index (χ4n) is 1.39. The van der Waals surface area contributed by atoms with Crippen LogP contribution in [0.15, 0.2) is 24.4 Å². The summed E-state index contributed by atoms with van der Waals surface area (Å²) >= 11 is 0. The molecule has 0 saturated heterocycles. The molecular weight excluding hydrogens is 208 g/mol. The molecule has 0 saturated carbocycles. The van der Waals surface area contributed by atoms with Gasteiger partial charge in [0.1, 0.15) is 0 Å². The summed E-state index contributed by atoms with van der Waals surface area (Å²) in [6, 6.07) is 2.02. The summed E-state index contributed by atoms with van der Waals surface area (Å²) in [6.07, 6.45) is 11.6. The van der Waals surface area contributed by atoms with Crippen molar-refractivity contribution < 1.29 is 0 Å². The fraction of sp³-hybridized carbons (Fsp3) is 0.533. The van der Waals surface area contributed by atoms with Crippen molar-refractivity contribution in [2.24, 2.45) is 5.41 Å². The Morgan fingerprint density at radius 1 is 1.18 bits per heavy atom. The van der Waals surface area contributed by atoms with Crippen LogP contribution in [0.5, 0.6) is 0 Å². The van der Waals surface area contributed by atoms with Gasteiger partial charge in [-0.1, -0.05) is 53.7 Å². The minimum absolute atomic E-state index is 0.181. The highest BCUT2D eigenvalue weighted by Crippen LogP contribution is 2.28. The van der Waals surface area contributed by atoms with Gasteiger partial charge < -0.3 is 0 Å². The molecule has 2 rings (SSSR count). The van der Waals surface area contributed by atoms with E-state index in [-0.39, 0.29) is 5.41 Å². The Balaban J connectivity index is 0.000000581. The molecule has 1 unspecified atom stereocenters. The fourth-order valence-corrected chi connectivity index (χ4v) is 1.39. The number of nitrogens with zero attached hydrogens (tertiary/aromatic N) is 2. The van der Waals surface area contributed by atoms with Crippen molar-refractivity contribution >= 4 is 12.3 Å². The van der Waals surface area contributed by atoms with Crippen LogP contribution in [0.1, 0.15) is 53.7 Å². The molecule has 2 heterocycles. The lowest BCUT2D eigenvalue weighted by molar-refractivity contribution is 0.535. The first kappa shape index (κ1) is 15.7. The lowest BCUT2D eigenvalue weighted by atomic mass is 9.87. The van der Waals surface area contributed by atoms with Crippen LogP contribution in [0.4, 0.5) is 0 Å². The minimum atomic E-state index is 0.181. The van der Waals surface area contributed by atoms with Crippen LogP contribution < -0.4 is 0 Å². The van der Waals surface area contributed by atoms with E-state index >= 15 is 0 Å². The van der Waals surface area contributed by atoms with Gasteiger partial charge in [-0.15, -0.1) is 0 Å². The third-order valence-electron chi connectivity index (χ3n) is 2.69. The highest BCUT2D eigenvalue weighted by molar-refractivity contribution is 5.52. The maximum atomic E-state index is 4.20. The van der Waals surface area contributed by atoms with E-state index in [9.17, 15) is 0 Å². The second kappa shape index (κ2) is 7.88. The normalized spacial score (nSPS) is 20.4. The molecule has 0 aromatic carbocycles. The first-order valence-electron chi connectivity index (χ1n) is 6.66.